The number of hydrogen-bond acceptors (Lipinski definition) is 6. The number of aromatic amines is 1. The number of para-hydroxylation sites is 1. The maximum Gasteiger partial charge on any atom is 0.346 e. The fourth-order valence-corrected chi connectivity index (χ4v) is 3.24. The van der Waals surface area contributed by atoms with Gasteiger partial charge in [-0.25, -0.2) is 10.2 Å². The summed E-state index contributed by atoms with van der Waals surface area (Å²) in [5, 5.41) is 4.04. The number of methoxy groups -OCH3 is 1. The van der Waals surface area contributed by atoms with Crippen LogP contribution in [-0.4, -0.2) is 29.2 Å². The summed E-state index contributed by atoms with van der Waals surface area (Å²) < 4.78 is 11.4. The first-order valence-electron chi connectivity index (χ1n) is 10.5. The standard InChI is InChI=1S/C26H22N4O4/c1-33-23-14-8-13-20(24(23)34-17-18-9-4-2-5-10-18)16-27-30-25(31)22-15-21(28-26(32)29-22)19-11-6-3-7-12-19/h2-16H,17H2,1H3,(H,30,31)(H,28,29,32)/b27-16+. The van der Waals surface area contributed by atoms with Crippen molar-refractivity contribution in [3.8, 4) is 22.8 Å². The van der Waals surface area contributed by atoms with Crippen LogP contribution in [-0.2, 0) is 6.61 Å². The van der Waals surface area contributed by atoms with Crippen LogP contribution in [0.15, 0.2) is 94.8 Å². The van der Waals surface area contributed by atoms with Crippen molar-refractivity contribution < 1.29 is 14.3 Å². The van der Waals surface area contributed by atoms with E-state index in [2.05, 4.69) is 20.5 Å². The molecule has 8 heteroatoms. The van der Waals surface area contributed by atoms with E-state index in [4.69, 9.17) is 9.47 Å². The molecule has 1 heterocycles. The molecule has 0 spiro atoms. The highest BCUT2D eigenvalue weighted by atomic mass is 16.5. The van der Waals surface area contributed by atoms with Gasteiger partial charge in [0.25, 0.3) is 5.91 Å². The lowest BCUT2D eigenvalue weighted by Crippen LogP contribution is -2.24. The lowest BCUT2D eigenvalue weighted by atomic mass is 10.1. The van der Waals surface area contributed by atoms with Crippen LogP contribution in [0.2, 0.25) is 0 Å². The second-order valence-corrected chi connectivity index (χ2v) is 7.20. The smallest absolute Gasteiger partial charge is 0.346 e. The van der Waals surface area contributed by atoms with Crippen molar-refractivity contribution in [3.05, 3.63) is 112 Å². The summed E-state index contributed by atoms with van der Waals surface area (Å²) in [6.45, 7) is 0.342. The minimum atomic E-state index is -0.625. The second-order valence-electron chi connectivity index (χ2n) is 7.20. The average molecular weight is 454 g/mol. The van der Waals surface area contributed by atoms with E-state index in [1.807, 2.05) is 48.5 Å². The van der Waals surface area contributed by atoms with Crippen molar-refractivity contribution >= 4 is 12.1 Å². The van der Waals surface area contributed by atoms with Crippen LogP contribution in [0.1, 0.15) is 21.6 Å². The van der Waals surface area contributed by atoms with E-state index in [0.29, 0.717) is 29.4 Å². The molecule has 0 aliphatic rings. The van der Waals surface area contributed by atoms with Gasteiger partial charge in [0.05, 0.1) is 19.0 Å². The molecule has 170 valence electrons. The predicted molar refractivity (Wildman–Crippen MR) is 129 cm³/mol. The second kappa shape index (κ2) is 10.7. The van der Waals surface area contributed by atoms with Crippen molar-refractivity contribution in [2.75, 3.05) is 7.11 Å². The number of nitrogens with one attached hydrogen (secondary N) is 2. The summed E-state index contributed by atoms with van der Waals surface area (Å²) in [5.41, 5.74) is 4.58. The number of benzene rings is 3. The number of carbonyl (C=O) groups is 1. The highest BCUT2D eigenvalue weighted by molar-refractivity contribution is 5.94. The van der Waals surface area contributed by atoms with Crippen molar-refractivity contribution in [1.82, 2.24) is 15.4 Å². The molecule has 34 heavy (non-hydrogen) atoms. The van der Waals surface area contributed by atoms with Crippen LogP contribution in [0.5, 0.6) is 11.5 Å². The molecule has 2 N–H and O–H groups in total. The molecule has 0 saturated carbocycles. The molecule has 0 fully saturated rings. The Morgan fingerprint density at radius 1 is 1.03 bits per heavy atom. The van der Waals surface area contributed by atoms with Gasteiger partial charge >= 0.3 is 5.69 Å². The average Bonchev–Trinajstić information content (AvgIpc) is 2.88. The van der Waals surface area contributed by atoms with E-state index in [0.717, 1.165) is 11.1 Å². The van der Waals surface area contributed by atoms with Crippen LogP contribution in [0.4, 0.5) is 0 Å². The van der Waals surface area contributed by atoms with Gasteiger partial charge in [-0.15, -0.1) is 0 Å². The molecule has 1 amide bonds. The summed E-state index contributed by atoms with van der Waals surface area (Å²) in [7, 11) is 1.55. The number of aromatic nitrogens is 2. The van der Waals surface area contributed by atoms with Gasteiger partial charge in [0.1, 0.15) is 12.3 Å². The van der Waals surface area contributed by atoms with Gasteiger partial charge in [-0.1, -0.05) is 66.7 Å². The van der Waals surface area contributed by atoms with Crippen LogP contribution in [0, 0.1) is 0 Å². The Morgan fingerprint density at radius 2 is 1.76 bits per heavy atom. The van der Waals surface area contributed by atoms with E-state index in [9.17, 15) is 9.59 Å². The van der Waals surface area contributed by atoms with Crippen molar-refractivity contribution in [3.63, 3.8) is 0 Å². The van der Waals surface area contributed by atoms with E-state index in [1.165, 1.54) is 12.3 Å². The molecule has 0 unspecified atom stereocenters. The molecule has 0 bridgehead atoms. The maximum absolute atomic E-state index is 12.6. The van der Waals surface area contributed by atoms with Gasteiger partial charge < -0.3 is 14.5 Å². The number of H-pyrrole nitrogens is 1. The zero-order valence-electron chi connectivity index (χ0n) is 18.4. The number of hydrogen-bond donors (Lipinski definition) is 2. The Morgan fingerprint density at radius 3 is 2.50 bits per heavy atom. The fourth-order valence-electron chi connectivity index (χ4n) is 3.24. The molecule has 0 aliphatic heterocycles. The number of carbonyl (C=O) groups excluding carboxylic acids is 1. The summed E-state index contributed by atoms with van der Waals surface area (Å²) in [5.74, 6) is 0.454. The first kappa shape index (κ1) is 22.5. The van der Waals surface area contributed by atoms with Gasteiger partial charge in [-0.05, 0) is 23.8 Å². The highest BCUT2D eigenvalue weighted by Crippen LogP contribution is 2.30. The molecule has 0 radical (unpaired) electrons. The van der Waals surface area contributed by atoms with E-state index in [1.54, 1.807) is 37.4 Å². The maximum atomic E-state index is 12.6. The molecular weight excluding hydrogens is 432 g/mol. The Hall–Kier alpha value is -4.72. The zero-order valence-corrected chi connectivity index (χ0v) is 18.4. The lowest BCUT2D eigenvalue weighted by Gasteiger charge is -2.13. The van der Waals surface area contributed by atoms with Gasteiger partial charge in [0.15, 0.2) is 11.5 Å². The van der Waals surface area contributed by atoms with Crippen LogP contribution in [0.3, 0.4) is 0 Å². The van der Waals surface area contributed by atoms with Crippen molar-refractivity contribution in [1.29, 1.82) is 0 Å². The SMILES string of the molecule is COc1cccc(/C=N/NC(=O)c2cc(-c3ccccc3)nc(=O)[nH]2)c1OCc1ccccc1. The number of nitrogens with zero attached hydrogens (tertiary/aromatic N) is 2. The summed E-state index contributed by atoms with van der Waals surface area (Å²) in [6.07, 6.45) is 1.46. The van der Waals surface area contributed by atoms with Crippen LogP contribution < -0.4 is 20.6 Å². The van der Waals surface area contributed by atoms with Crippen molar-refractivity contribution in [2.24, 2.45) is 5.10 Å². The fraction of sp³-hybridized carbons (Fsp3) is 0.0769. The summed E-state index contributed by atoms with van der Waals surface area (Å²) >= 11 is 0. The lowest BCUT2D eigenvalue weighted by molar-refractivity contribution is 0.0949. The van der Waals surface area contributed by atoms with Gasteiger partial charge in [0, 0.05) is 11.1 Å². The van der Waals surface area contributed by atoms with Crippen LogP contribution >= 0.6 is 0 Å². The van der Waals surface area contributed by atoms with Gasteiger partial charge in [0.2, 0.25) is 0 Å². The van der Waals surface area contributed by atoms with Crippen molar-refractivity contribution in [2.45, 2.75) is 6.61 Å². The third-order valence-corrected chi connectivity index (χ3v) is 4.88. The number of rotatable bonds is 8. The highest BCUT2D eigenvalue weighted by Gasteiger charge is 2.12. The van der Waals surface area contributed by atoms with E-state index < -0.39 is 11.6 Å². The Labute approximate surface area is 195 Å². The molecule has 0 atom stereocenters. The molecule has 4 aromatic rings. The van der Waals surface area contributed by atoms with Gasteiger partial charge in [-0.3, -0.25) is 4.79 Å². The minimum Gasteiger partial charge on any atom is -0.493 e. The molecule has 4 rings (SSSR count). The largest absolute Gasteiger partial charge is 0.493 e. The van der Waals surface area contributed by atoms with Crippen LogP contribution in [0.25, 0.3) is 11.3 Å². The first-order valence-corrected chi connectivity index (χ1v) is 10.5. The quantitative estimate of drug-likeness (QED) is 0.311. The number of hydrazone groups is 1. The molecule has 1 aromatic heterocycles. The topological polar surface area (TPSA) is 106 Å². The number of ether oxygens (including phenoxy) is 2. The van der Waals surface area contributed by atoms with Gasteiger partial charge in [-0.2, -0.15) is 10.1 Å². The molecule has 0 saturated heterocycles. The van der Waals surface area contributed by atoms with E-state index >= 15 is 0 Å². The Bertz CT molecular complexity index is 1350. The molecule has 8 nitrogen and oxygen atoms in total. The zero-order chi connectivity index (χ0) is 23.8. The normalized spacial score (nSPS) is 10.7. The van der Waals surface area contributed by atoms with E-state index in [-0.39, 0.29) is 5.69 Å². The Balaban J connectivity index is 1.51. The Kier molecular flexibility index (Phi) is 7.09. The minimum absolute atomic E-state index is 0.0437. The third kappa shape index (κ3) is 5.55. The first-order chi connectivity index (χ1) is 16.6. The molecule has 0 aliphatic carbocycles. The monoisotopic (exact) mass is 454 g/mol. The summed E-state index contributed by atoms with van der Waals surface area (Å²) in [6, 6.07) is 25.7. The molecular formula is C26H22N4O4. The predicted octanol–water partition coefficient (Wildman–Crippen LogP) is 3.79. The number of amides is 1. The molecule has 3 aromatic carbocycles. The third-order valence-electron chi connectivity index (χ3n) is 4.88. The summed E-state index contributed by atoms with van der Waals surface area (Å²) in [4.78, 5) is 31.0.